The van der Waals surface area contributed by atoms with Crippen molar-refractivity contribution in [1.82, 2.24) is 0 Å². The first-order valence-corrected chi connectivity index (χ1v) is 12.4. The van der Waals surface area contributed by atoms with Gasteiger partial charge in [0.05, 0.1) is 12.5 Å². The summed E-state index contributed by atoms with van der Waals surface area (Å²) in [5, 5.41) is 0.792. The fourth-order valence-corrected chi connectivity index (χ4v) is 5.41. The Kier molecular flexibility index (Phi) is 8.58. The minimum Gasteiger partial charge on any atom is -0.465 e. The fourth-order valence-electron chi connectivity index (χ4n) is 4.22. The van der Waals surface area contributed by atoms with Gasteiger partial charge in [-0.1, -0.05) is 39.5 Å². The molecule has 1 heterocycles. The largest absolute Gasteiger partial charge is 0.465 e. The third-order valence-corrected chi connectivity index (χ3v) is 7.00. The van der Waals surface area contributed by atoms with Gasteiger partial charge < -0.3 is 9.15 Å². The van der Waals surface area contributed by atoms with Crippen molar-refractivity contribution in [2.24, 2.45) is 5.92 Å². The van der Waals surface area contributed by atoms with Crippen molar-refractivity contribution >= 4 is 28.7 Å². The number of aryl methyl sites for hydroxylation is 1. The Bertz CT molecular complexity index is 960. The summed E-state index contributed by atoms with van der Waals surface area (Å²) in [4.78, 5) is 24.6. The van der Waals surface area contributed by atoms with Crippen molar-refractivity contribution in [3.05, 3.63) is 39.5 Å². The highest BCUT2D eigenvalue weighted by Crippen LogP contribution is 2.42. The fraction of sp³-hybridized carbons (Fsp3) is 0.600. The quantitative estimate of drug-likeness (QED) is 0.174. The number of unbranched alkanes of at least 4 members (excludes halogenated alkanes) is 3. The Morgan fingerprint density at radius 2 is 1.90 bits per heavy atom. The minimum atomic E-state index is -0.853. The van der Waals surface area contributed by atoms with Gasteiger partial charge in [0.1, 0.15) is 5.58 Å². The van der Waals surface area contributed by atoms with Crippen molar-refractivity contribution < 1.29 is 18.3 Å². The maximum Gasteiger partial charge on any atom is 0.372 e. The number of thioether (sulfide) groups is 1. The van der Waals surface area contributed by atoms with Gasteiger partial charge in [-0.2, -0.15) is 4.39 Å². The summed E-state index contributed by atoms with van der Waals surface area (Å²) < 4.78 is 25.4. The molecule has 6 heteroatoms. The number of carbonyl (C=O) groups is 1. The van der Waals surface area contributed by atoms with Crippen molar-refractivity contribution in [2.75, 3.05) is 12.4 Å². The lowest BCUT2D eigenvalue weighted by atomic mass is 9.94. The van der Waals surface area contributed by atoms with Crippen molar-refractivity contribution in [3.63, 3.8) is 0 Å². The van der Waals surface area contributed by atoms with E-state index in [4.69, 9.17) is 9.15 Å². The number of rotatable bonds is 10. The van der Waals surface area contributed by atoms with Gasteiger partial charge in [-0.25, -0.2) is 4.79 Å². The Morgan fingerprint density at radius 1 is 1.19 bits per heavy atom. The van der Waals surface area contributed by atoms with Crippen molar-refractivity contribution in [3.8, 4) is 0 Å². The smallest absolute Gasteiger partial charge is 0.372 e. The molecular formula is C25H33FO4S. The summed E-state index contributed by atoms with van der Waals surface area (Å²) in [5.41, 5.74) is 1.23. The van der Waals surface area contributed by atoms with Crippen LogP contribution in [0.3, 0.4) is 0 Å². The van der Waals surface area contributed by atoms with Gasteiger partial charge in [0.25, 0.3) is 0 Å². The topological polar surface area (TPSA) is 56.5 Å². The molecule has 1 aromatic heterocycles. The van der Waals surface area contributed by atoms with Crippen LogP contribution in [0.4, 0.5) is 4.39 Å². The standard InChI is InChI=1S/C25H33FO4S/c1-16(2)24(27)29-12-8-4-5-9-13-31-20-15-17(3)14-19-22(20)21(18-10-6-7-11-18)23(26)25(28)30-19/h14-16,18H,4-13H2,1-3H3. The molecule has 1 aromatic carbocycles. The Balaban J connectivity index is 1.63. The third-order valence-electron chi connectivity index (χ3n) is 5.87. The van der Waals surface area contributed by atoms with Crippen LogP contribution in [0, 0.1) is 18.7 Å². The summed E-state index contributed by atoms with van der Waals surface area (Å²) in [5.74, 6) is 0.0841. The molecule has 170 valence electrons. The second kappa shape index (κ2) is 11.2. The number of halogens is 1. The zero-order valence-electron chi connectivity index (χ0n) is 18.8. The van der Waals surface area contributed by atoms with Crippen LogP contribution in [-0.2, 0) is 9.53 Å². The van der Waals surface area contributed by atoms with E-state index in [1.54, 1.807) is 11.8 Å². The number of hydrogen-bond acceptors (Lipinski definition) is 5. The molecule has 0 bridgehead atoms. The van der Waals surface area contributed by atoms with Gasteiger partial charge in [-0.05, 0) is 62.0 Å². The lowest BCUT2D eigenvalue weighted by Gasteiger charge is -2.16. The molecule has 0 unspecified atom stereocenters. The lowest BCUT2D eigenvalue weighted by Crippen LogP contribution is -2.12. The monoisotopic (exact) mass is 448 g/mol. The first-order chi connectivity index (χ1) is 14.9. The third kappa shape index (κ3) is 6.12. The molecule has 0 N–H and O–H groups in total. The highest BCUT2D eigenvalue weighted by molar-refractivity contribution is 7.99. The molecule has 3 rings (SSSR count). The predicted molar refractivity (Wildman–Crippen MR) is 123 cm³/mol. The zero-order valence-corrected chi connectivity index (χ0v) is 19.6. The summed E-state index contributed by atoms with van der Waals surface area (Å²) in [6, 6.07) is 3.92. The Morgan fingerprint density at radius 3 is 2.61 bits per heavy atom. The van der Waals surface area contributed by atoms with Gasteiger partial charge in [0.2, 0.25) is 5.82 Å². The van der Waals surface area contributed by atoms with E-state index in [2.05, 4.69) is 6.07 Å². The van der Waals surface area contributed by atoms with E-state index in [0.29, 0.717) is 17.8 Å². The van der Waals surface area contributed by atoms with Gasteiger partial charge in [-0.15, -0.1) is 11.8 Å². The summed E-state index contributed by atoms with van der Waals surface area (Å²) in [6.07, 6.45) is 7.96. The van der Waals surface area contributed by atoms with E-state index in [1.807, 2.05) is 26.8 Å². The van der Waals surface area contributed by atoms with Crippen LogP contribution in [0.2, 0.25) is 0 Å². The van der Waals surface area contributed by atoms with Crippen LogP contribution in [0.25, 0.3) is 11.0 Å². The molecule has 0 spiro atoms. The molecule has 2 aromatic rings. The van der Waals surface area contributed by atoms with Crippen LogP contribution in [0.5, 0.6) is 0 Å². The van der Waals surface area contributed by atoms with Crippen molar-refractivity contribution in [1.29, 1.82) is 0 Å². The minimum absolute atomic E-state index is 0.0797. The normalized spacial score (nSPS) is 14.6. The summed E-state index contributed by atoms with van der Waals surface area (Å²) in [7, 11) is 0. The number of carbonyl (C=O) groups excluding carboxylic acids is 1. The van der Waals surface area contributed by atoms with Crippen LogP contribution < -0.4 is 5.63 Å². The molecule has 0 saturated heterocycles. The number of esters is 1. The number of fused-ring (bicyclic) bond motifs is 1. The molecule has 0 amide bonds. The van der Waals surface area contributed by atoms with Gasteiger partial charge in [-0.3, -0.25) is 4.79 Å². The van der Waals surface area contributed by atoms with E-state index in [9.17, 15) is 14.0 Å². The molecule has 31 heavy (non-hydrogen) atoms. The average molecular weight is 449 g/mol. The van der Waals surface area contributed by atoms with E-state index >= 15 is 0 Å². The molecule has 1 saturated carbocycles. The zero-order chi connectivity index (χ0) is 22.4. The van der Waals surface area contributed by atoms with Gasteiger partial charge in [0, 0.05) is 15.8 Å². The molecule has 4 nitrogen and oxygen atoms in total. The Labute approximate surface area is 187 Å². The Hall–Kier alpha value is -1.82. The summed E-state index contributed by atoms with van der Waals surface area (Å²) >= 11 is 1.71. The molecule has 1 aliphatic rings. The van der Waals surface area contributed by atoms with Crippen LogP contribution >= 0.6 is 11.8 Å². The van der Waals surface area contributed by atoms with Crippen LogP contribution in [0.1, 0.15) is 82.3 Å². The molecule has 1 fully saturated rings. The molecule has 0 atom stereocenters. The maximum absolute atomic E-state index is 14.9. The van der Waals surface area contributed by atoms with E-state index in [0.717, 1.165) is 73.0 Å². The van der Waals surface area contributed by atoms with Gasteiger partial charge >= 0.3 is 11.6 Å². The van der Waals surface area contributed by atoms with E-state index < -0.39 is 11.4 Å². The van der Waals surface area contributed by atoms with Crippen LogP contribution in [-0.4, -0.2) is 18.3 Å². The SMILES string of the molecule is Cc1cc(SCCCCCCOC(=O)C(C)C)c2c(C3CCCC3)c(F)c(=O)oc2c1. The van der Waals surface area contributed by atoms with Crippen LogP contribution in [0.15, 0.2) is 26.2 Å². The first kappa shape index (κ1) is 23.8. The van der Waals surface area contributed by atoms with E-state index in [-0.39, 0.29) is 17.8 Å². The second-order valence-corrected chi connectivity index (χ2v) is 9.96. The van der Waals surface area contributed by atoms with E-state index in [1.165, 1.54) is 0 Å². The predicted octanol–water partition coefficient (Wildman–Crippen LogP) is 6.75. The maximum atomic E-state index is 14.9. The molecule has 0 radical (unpaired) electrons. The van der Waals surface area contributed by atoms with Crippen molar-refractivity contribution in [2.45, 2.75) is 83.0 Å². The molecular weight excluding hydrogens is 415 g/mol. The first-order valence-electron chi connectivity index (χ1n) is 11.4. The summed E-state index contributed by atoms with van der Waals surface area (Å²) in [6.45, 7) is 6.13. The highest BCUT2D eigenvalue weighted by atomic mass is 32.2. The van der Waals surface area contributed by atoms with Gasteiger partial charge in [0.15, 0.2) is 0 Å². The number of ether oxygens (including phenoxy) is 1. The number of hydrogen-bond donors (Lipinski definition) is 0. The average Bonchev–Trinajstić information content (AvgIpc) is 3.25. The lowest BCUT2D eigenvalue weighted by molar-refractivity contribution is -0.147. The number of benzene rings is 1. The highest BCUT2D eigenvalue weighted by Gasteiger charge is 2.27. The molecule has 1 aliphatic carbocycles. The second-order valence-electron chi connectivity index (χ2n) is 8.82. The molecule has 0 aliphatic heterocycles.